The van der Waals surface area contributed by atoms with Gasteiger partial charge in [0, 0.05) is 49.1 Å². The van der Waals surface area contributed by atoms with Crippen molar-refractivity contribution in [3.63, 3.8) is 0 Å². The number of aryl methyl sites for hydroxylation is 2. The molecule has 2 aromatic rings. The standard InChI is InChI=1S/C22H29FN6O/c1-13-6-15(9-24)20(7-18(13)17-4-5-28(3)12-19(17)23)27-21-8-22(26-14(2)25-21)29-10-16(30)11-29/h6-9,16-17,19,24,30H,4-5,10-12H2,1-3H3,(H,25,26,27). The molecule has 3 N–H and O–H groups in total. The molecule has 7 nitrogen and oxygen atoms in total. The predicted octanol–water partition coefficient (Wildman–Crippen LogP) is 2.77. The van der Waals surface area contributed by atoms with E-state index in [0.717, 1.165) is 41.2 Å². The van der Waals surface area contributed by atoms with Crippen molar-refractivity contribution in [3.05, 3.63) is 40.7 Å². The summed E-state index contributed by atoms with van der Waals surface area (Å²) in [5.41, 5.74) is 3.46. The van der Waals surface area contributed by atoms with Gasteiger partial charge in [0.15, 0.2) is 0 Å². The highest BCUT2D eigenvalue weighted by atomic mass is 19.1. The van der Waals surface area contributed by atoms with Crippen LogP contribution in [0.3, 0.4) is 0 Å². The van der Waals surface area contributed by atoms with Gasteiger partial charge < -0.3 is 25.6 Å². The summed E-state index contributed by atoms with van der Waals surface area (Å²) in [6.45, 7) is 6.24. The monoisotopic (exact) mass is 412 g/mol. The van der Waals surface area contributed by atoms with Gasteiger partial charge in [0.25, 0.3) is 0 Å². The first kappa shape index (κ1) is 20.7. The lowest BCUT2D eigenvalue weighted by Gasteiger charge is -2.37. The minimum absolute atomic E-state index is 0.146. The quantitative estimate of drug-likeness (QED) is 0.655. The van der Waals surface area contributed by atoms with Crippen LogP contribution >= 0.6 is 0 Å². The molecular formula is C22H29FN6O. The number of benzene rings is 1. The van der Waals surface area contributed by atoms with Crippen LogP contribution < -0.4 is 10.2 Å². The van der Waals surface area contributed by atoms with Gasteiger partial charge in [0.2, 0.25) is 0 Å². The van der Waals surface area contributed by atoms with E-state index in [1.54, 1.807) is 0 Å². The van der Waals surface area contributed by atoms with Crippen molar-refractivity contribution < 1.29 is 9.50 Å². The summed E-state index contributed by atoms with van der Waals surface area (Å²) in [4.78, 5) is 13.0. The van der Waals surface area contributed by atoms with Gasteiger partial charge >= 0.3 is 0 Å². The first-order valence-electron chi connectivity index (χ1n) is 10.4. The molecule has 0 aliphatic carbocycles. The van der Waals surface area contributed by atoms with Gasteiger partial charge in [-0.25, -0.2) is 14.4 Å². The number of hydrogen-bond acceptors (Lipinski definition) is 7. The first-order valence-corrected chi connectivity index (χ1v) is 10.4. The zero-order valence-corrected chi connectivity index (χ0v) is 17.7. The van der Waals surface area contributed by atoms with E-state index < -0.39 is 6.17 Å². The van der Waals surface area contributed by atoms with E-state index in [4.69, 9.17) is 5.41 Å². The number of β-amino-alcohol motifs (C(OH)–C–C–N with tert-alkyl or cyclic N) is 1. The summed E-state index contributed by atoms with van der Waals surface area (Å²) in [7, 11) is 1.95. The van der Waals surface area contributed by atoms with E-state index in [0.29, 0.717) is 31.3 Å². The Kier molecular flexibility index (Phi) is 5.71. The Morgan fingerprint density at radius 1 is 1.20 bits per heavy atom. The number of aliphatic hydroxyl groups excluding tert-OH is 1. The van der Waals surface area contributed by atoms with E-state index in [2.05, 4.69) is 15.3 Å². The van der Waals surface area contributed by atoms with Crippen molar-refractivity contribution in [2.45, 2.75) is 38.5 Å². The molecule has 2 atom stereocenters. The number of piperidine rings is 1. The number of anilines is 3. The maximum Gasteiger partial charge on any atom is 0.136 e. The lowest BCUT2D eigenvalue weighted by Crippen LogP contribution is -2.51. The molecule has 2 saturated heterocycles. The number of likely N-dealkylation sites (tertiary alicyclic amines) is 1. The minimum atomic E-state index is -0.910. The van der Waals surface area contributed by atoms with Gasteiger partial charge in [0.05, 0.1) is 6.10 Å². The molecule has 2 aliphatic heterocycles. The number of aliphatic hydroxyl groups is 1. The summed E-state index contributed by atoms with van der Waals surface area (Å²) in [6, 6.07) is 5.76. The topological polar surface area (TPSA) is 88.4 Å². The van der Waals surface area contributed by atoms with Crippen LogP contribution in [0.1, 0.15) is 34.9 Å². The maximum atomic E-state index is 14.8. The van der Waals surface area contributed by atoms with E-state index in [1.807, 2.05) is 48.9 Å². The van der Waals surface area contributed by atoms with Crippen LogP contribution in [0.4, 0.5) is 21.7 Å². The van der Waals surface area contributed by atoms with E-state index in [9.17, 15) is 9.50 Å². The van der Waals surface area contributed by atoms with E-state index >= 15 is 0 Å². The zero-order valence-electron chi connectivity index (χ0n) is 17.7. The molecule has 3 heterocycles. The molecule has 30 heavy (non-hydrogen) atoms. The molecule has 2 aliphatic rings. The Morgan fingerprint density at radius 2 is 1.97 bits per heavy atom. The van der Waals surface area contributed by atoms with Crippen LogP contribution in [0.25, 0.3) is 0 Å². The maximum absolute atomic E-state index is 14.8. The highest BCUT2D eigenvalue weighted by molar-refractivity contribution is 5.88. The molecule has 1 aromatic carbocycles. The third kappa shape index (κ3) is 4.15. The average molecular weight is 413 g/mol. The third-order valence-corrected chi connectivity index (χ3v) is 6.01. The number of nitrogens with one attached hydrogen (secondary N) is 2. The molecule has 160 valence electrons. The Hall–Kier alpha value is -2.58. The van der Waals surface area contributed by atoms with Gasteiger partial charge in [-0.3, -0.25) is 0 Å². The number of rotatable bonds is 5. The summed E-state index contributed by atoms with van der Waals surface area (Å²) >= 11 is 0. The summed E-state index contributed by atoms with van der Waals surface area (Å²) in [5.74, 6) is 1.86. The Labute approximate surface area is 176 Å². The van der Waals surface area contributed by atoms with Crippen LogP contribution in [0.5, 0.6) is 0 Å². The molecule has 0 amide bonds. The normalized spacial score (nSPS) is 22.6. The molecule has 8 heteroatoms. The first-order chi connectivity index (χ1) is 14.3. The molecule has 0 spiro atoms. The van der Waals surface area contributed by atoms with Gasteiger partial charge in [0.1, 0.15) is 23.6 Å². The fourth-order valence-electron chi connectivity index (χ4n) is 4.34. The van der Waals surface area contributed by atoms with Gasteiger partial charge in [-0.1, -0.05) is 0 Å². The van der Waals surface area contributed by atoms with Gasteiger partial charge in [-0.2, -0.15) is 0 Å². The molecule has 2 fully saturated rings. The second kappa shape index (κ2) is 8.28. The number of halogens is 1. The number of nitrogens with zero attached hydrogens (tertiary/aromatic N) is 4. The second-order valence-corrected chi connectivity index (χ2v) is 8.46. The van der Waals surface area contributed by atoms with Crippen molar-refractivity contribution >= 4 is 23.5 Å². The van der Waals surface area contributed by atoms with Crippen molar-refractivity contribution in [3.8, 4) is 0 Å². The van der Waals surface area contributed by atoms with Crippen LogP contribution in [0, 0.1) is 19.3 Å². The Bertz CT molecular complexity index is 945. The zero-order chi connectivity index (χ0) is 21.4. The summed E-state index contributed by atoms with van der Waals surface area (Å²) < 4.78 is 14.8. The molecule has 0 radical (unpaired) electrons. The van der Waals surface area contributed by atoms with E-state index in [1.165, 1.54) is 6.21 Å². The minimum Gasteiger partial charge on any atom is -0.389 e. The molecule has 2 unspecified atom stereocenters. The summed E-state index contributed by atoms with van der Waals surface area (Å²) in [6.07, 6.45) is 0.855. The van der Waals surface area contributed by atoms with Crippen LogP contribution in [0.15, 0.2) is 18.2 Å². The van der Waals surface area contributed by atoms with Crippen LogP contribution in [-0.2, 0) is 0 Å². The summed E-state index contributed by atoms with van der Waals surface area (Å²) in [5, 5.41) is 20.7. The SMILES string of the molecule is Cc1nc(Nc2cc(C3CCN(C)CC3F)c(C)cc2C=N)cc(N2CC(O)C2)n1. The van der Waals surface area contributed by atoms with Crippen molar-refractivity contribution in [1.29, 1.82) is 5.41 Å². The van der Waals surface area contributed by atoms with Crippen molar-refractivity contribution in [2.24, 2.45) is 0 Å². The lowest BCUT2D eigenvalue weighted by atomic mass is 9.84. The molecule has 0 bridgehead atoms. The number of hydrogen-bond donors (Lipinski definition) is 3. The number of alkyl halides is 1. The molecule has 1 aromatic heterocycles. The van der Waals surface area contributed by atoms with Crippen molar-refractivity contribution in [1.82, 2.24) is 14.9 Å². The molecule has 0 saturated carbocycles. The third-order valence-electron chi connectivity index (χ3n) is 6.01. The smallest absolute Gasteiger partial charge is 0.136 e. The lowest BCUT2D eigenvalue weighted by molar-refractivity contribution is 0.139. The Morgan fingerprint density at radius 3 is 2.63 bits per heavy atom. The molecular weight excluding hydrogens is 383 g/mol. The Balaban J connectivity index is 1.65. The average Bonchev–Trinajstić information content (AvgIpc) is 2.66. The largest absolute Gasteiger partial charge is 0.389 e. The van der Waals surface area contributed by atoms with Crippen molar-refractivity contribution in [2.75, 3.05) is 43.4 Å². The van der Waals surface area contributed by atoms with Crippen LogP contribution in [0.2, 0.25) is 0 Å². The highest BCUT2D eigenvalue weighted by Crippen LogP contribution is 2.35. The fraction of sp³-hybridized carbons (Fsp3) is 0.500. The van der Waals surface area contributed by atoms with Crippen LogP contribution in [-0.4, -0.2) is 71.7 Å². The molecule has 4 rings (SSSR count). The van der Waals surface area contributed by atoms with Gasteiger partial charge in [-0.15, -0.1) is 0 Å². The number of aromatic nitrogens is 2. The fourth-order valence-corrected chi connectivity index (χ4v) is 4.34. The second-order valence-electron chi connectivity index (χ2n) is 8.46. The van der Waals surface area contributed by atoms with E-state index in [-0.39, 0.29) is 12.0 Å². The highest BCUT2D eigenvalue weighted by Gasteiger charge is 2.30. The predicted molar refractivity (Wildman–Crippen MR) is 117 cm³/mol. The van der Waals surface area contributed by atoms with Gasteiger partial charge in [-0.05, 0) is 57.1 Å².